The number of amides is 2. The summed E-state index contributed by atoms with van der Waals surface area (Å²) in [5.74, 6) is -0.382. The van der Waals surface area contributed by atoms with Gasteiger partial charge in [-0.25, -0.2) is 0 Å². The molecule has 0 fully saturated rings. The van der Waals surface area contributed by atoms with Gasteiger partial charge in [0.1, 0.15) is 0 Å². The molecule has 0 bridgehead atoms. The highest BCUT2D eigenvalue weighted by atomic mass is 35.5. The SMILES string of the molecule is CN(Cc1cccc(Cl)c1Cl)C(=O)c1cccc(NC(=O)c2cccs2)c1. The molecule has 27 heavy (non-hydrogen) atoms. The van der Waals surface area contributed by atoms with E-state index in [2.05, 4.69) is 5.32 Å². The molecule has 2 amide bonds. The number of nitrogens with one attached hydrogen (secondary N) is 1. The van der Waals surface area contributed by atoms with Gasteiger partial charge in [-0.05, 0) is 41.3 Å². The van der Waals surface area contributed by atoms with Crippen molar-refractivity contribution in [3.63, 3.8) is 0 Å². The van der Waals surface area contributed by atoms with Crippen LogP contribution in [0.25, 0.3) is 0 Å². The third-order valence-electron chi connectivity index (χ3n) is 3.90. The van der Waals surface area contributed by atoms with Crippen LogP contribution in [0.1, 0.15) is 25.6 Å². The summed E-state index contributed by atoms with van der Waals surface area (Å²) >= 11 is 13.6. The van der Waals surface area contributed by atoms with Crippen molar-refractivity contribution in [2.24, 2.45) is 0 Å². The molecule has 0 saturated heterocycles. The molecule has 1 aromatic heterocycles. The van der Waals surface area contributed by atoms with Gasteiger partial charge < -0.3 is 10.2 Å². The van der Waals surface area contributed by atoms with Crippen LogP contribution in [0.3, 0.4) is 0 Å². The maximum absolute atomic E-state index is 12.8. The molecule has 3 rings (SSSR count). The second-order valence-electron chi connectivity index (χ2n) is 5.89. The zero-order valence-electron chi connectivity index (χ0n) is 14.4. The van der Waals surface area contributed by atoms with Crippen molar-refractivity contribution in [2.45, 2.75) is 6.54 Å². The van der Waals surface area contributed by atoms with Gasteiger partial charge in [0.05, 0.1) is 14.9 Å². The highest BCUT2D eigenvalue weighted by molar-refractivity contribution is 7.12. The molecule has 4 nitrogen and oxygen atoms in total. The first-order valence-electron chi connectivity index (χ1n) is 8.09. The third kappa shape index (κ3) is 4.69. The number of hydrogen-bond donors (Lipinski definition) is 1. The van der Waals surface area contributed by atoms with E-state index in [9.17, 15) is 9.59 Å². The topological polar surface area (TPSA) is 49.4 Å². The van der Waals surface area contributed by atoms with Gasteiger partial charge >= 0.3 is 0 Å². The lowest BCUT2D eigenvalue weighted by atomic mass is 10.1. The molecule has 0 aliphatic carbocycles. The molecular weight excluding hydrogens is 403 g/mol. The van der Waals surface area contributed by atoms with Gasteiger partial charge in [0.25, 0.3) is 11.8 Å². The van der Waals surface area contributed by atoms with Crippen molar-refractivity contribution in [2.75, 3.05) is 12.4 Å². The van der Waals surface area contributed by atoms with Crippen LogP contribution in [0.4, 0.5) is 5.69 Å². The van der Waals surface area contributed by atoms with Gasteiger partial charge in [-0.1, -0.05) is 47.5 Å². The number of anilines is 1. The molecule has 1 heterocycles. The van der Waals surface area contributed by atoms with E-state index in [1.54, 1.807) is 54.4 Å². The maximum Gasteiger partial charge on any atom is 0.265 e. The average molecular weight is 419 g/mol. The van der Waals surface area contributed by atoms with Crippen LogP contribution in [0.2, 0.25) is 10.0 Å². The molecule has 0 aliphatic heterocycles. The second-order valence-corrected chi connectivity index (χ2v) is 7.62. The maximum atomic E-state index is 12.8. The van der Waals surface area contributed by atoms with E-state index in [0.717, 1.165) is 5.56 Å². The first-order valence-corrected chi connectivity index (χ1v) is 9.72. The van der Waals surface area contributed by atoms with E-state index >= 15 is 0 Å². The Morgan fingerprint density at radius 1 is 1.07 bits per heavy atom. The minimum Gasteiger partial charge on any atom is -0.337 e. The third-order valence-corrected chi connectivity index (χ3v) is 5.62. The minimum atomic E-state index is -0.200. The fraction of sp³-hybridized carbons (Fsp3) is 0.100. The van der Waals surface area contributed by atoms with E-state index in [4.69, 9.17) is 23.2 Å². The van der Waals surface area contributed by atoms with E-state index in [0.29, 0.717) is 32.7 Å². The number of hydrogen-bond acceptors (Lipinski definition) is 3. The van der Waals surface area contributed by atoms with Crippen LogP contribution in [0.15, 0.2) is 60.0 Å². The molecule has 0 spiro atoms. The Balaban J connectivity index is 1.72. The Morgan fingerprint density at radius 3 is 2.59 bits per heavy atom. The molecule has 7 heteroatoms. The average Bonchev–Trinajstić information content (AvgIpc) is 3.20. The van der Waals surface area contributed by atoms with Gasteiger partial charge in [0.2, 0.25) is 0 Å². The number of nitrogens with zero attached hydrogens (tertiary/aromatic N) is 1. The van der Waals surface area contributed by atoms with E-state index in [1.807, 2.05) is 17.5 Å². The smallest absolute Gasteiger partial charge is 0.265 e. The Bertz CT molecular complexity index is 974. The van der Waals surface area contributed by atoms with Crippen LogP contribution >= 0.6 is 34.5 Å². The normalized spacial score (nSPS) is 10.5. The number of thiophene rings is 1. The van der Waals surface area contributed by atoms with E-state index in [-0.39, 0.29) is 11.8 Å². The van der Waals surface area contributed by atoms with Gasteiger partial charge in [0, 0.05) is 24.8 Å². The lowest BCUT2D eigenvalue weighted by Gasteiger charge is -2.19. The quantitative estimate of drug-likeness (QED) is 0.587. The van der Waals surface area contributed by atoms with Gasteiger partial charge in [0.15, 0.2) is 0 Å². The standard InChI is InChI=1S/C20H16Cl2N2O2S/c1-24(12-14-6-3-8-16(21)18(14)22)20(26)13-5-2-7-15(11-13)23-19(25)17-9-4-10-27-17/h2-11H,12H2,1H3,(H,23,25). The fourth-order valence-electron chi connectivity index (χ4n) is 2.55. The fourth-order valence-corrected chi connectivity index (χ4v) is 3.55. The molecule has 0 unspecified atom stereocenters. The summed E-state index contributed by atoms with van der Waals surface area (Å²) in [7, 11) is 1.69. The lowest BCUT2D eigenvalue weighted by molar-refractivity contribution is 0.0785. The van der Waals surface area contributed by atoms with E-state index < -0.39 is 0 Å². The second kappa shape index (κ2) is 8.57. The van der Waals surface area contributed by atoms with Crippen LogP contribution in [-0.2, 0) is 6.54 Å². The predicted octanol–water partition coefficient (Wildman–Crippen LogP) is 5.58. The summed E-state index contributed by atoms with van der Waals surface area (Å²) in [5.41, 5.74) is 1.80. The number of rotatable bonds is 5. The highest BCUT2D eigenvalue weighted by Gasteiger charge is 2.15. The summed E-state index contributed by atoms with van der Waals surface area (Å²) in [5, 5.41) is 5.54. The highest BCUT2D eigenvalue weighted by Crippen LogP contribution is 2.26. The van der Waals surface area contributed by atoms with Gasteiger partial charge in [-0.3, -0.25) is 9.59 Å². The molecule has 1 N–H and O–H groups in total. The summed E-state index contributed by atoms with van der Waals surface area (Å²) in [4.78, 5) is 27.1. The van der Waals surface area contributed by atoms with Crippen LogP contribution in [0.5, 0.6) is 0 Å². The van der Waals surface area contributed by atoms with Crippen molar-refractivity contribution in [3.05, 3.63) is 86.0 Å². The number of carbonyl (C=O) groups is 2. The Morgan fingerprint density at radius 2 is 1.85 bits per heavy atom. The van der Waals surface area contributed by atoms with Gasteiger partial charge in [-0.15, -0.1) is 11.3 Å². The van der Waals surface area contributed by atoms with Crippen molar-refractivity contribution < 1.29 is 9.59 Å². The molecule has 0 atom stereocenters. The van der Waals surface area contributed by atoms with E-state index in [1.165, 1.54) is 11.3 Å². The minimum absolute atomic E-state index is 0.182. The van der Waals surface area contributed by atoms with Crippen LogP contribution in [0, 0.1) is 0 Å². The first-order chi connectivity index (χ1) is 13.0. The summed E-state index contributed by atoms with van der Waals surface area (Å²) in [6, 6.07) is 15.7. The summed E-state index contributed by atoms with van der Waals surface area (Å²) < 4.78 is 0. The Hall–Kier alpha value is -2.34. The largest absolute Gasteiger partial charge is 0.337 e. The Kier molecular flexibility index (Phi) is 6.16. The van der Waals surface area contributed by atoms with Crippen molar-refractivity contribution in [1.29, 1.82) is 0 Å². The molecule has 3 aromatic rings. The summed E-state index contributed by atoms with van der Waals surface area (Å²) in [6.07, 6.45) is 0. The molecule has 0 aliphatic rings. The predicted molar refractivity (Wildman–Crippen MR) is 111 cm³/mol. The monoisotopic (exact) mass is 418 g/mol. The van der Waals surface area contributed by atoms with Gasteiger partial charge in [-0.2, -0.15) is 0 Å². The number of halogens is 2. The first kappa shape index (κ1) is 19.4. The lowest BCUT2D eigenvalue weighted by Crippen LogP contribution is -2.26. The van der Waals surface area contributed by atoms with Crippen molar-refractivity contribution in [3.8, 4) is 0 Å². The molecular formula is C20H16Cl2N2O2S. The van der Waals surface area contributed by atoms with Crippen molar-refractivity contribution >= 4 is 52.0 Å². The number of benzene rings is 2. The Labute approximate surface area is 171 Å². The zero-order chi connectivity index (χ0) is 19.4. The molecule has 2 aromatic carbocycles. The zero-order valence-corrected chi connectivity index (χ0v) is 16.7. The molecule has 138 valence electrons. The molecule has 0 radical (unpaired) electrons. The van der Waals surface area contributed by atoms with Crippen LogP contribution in [-0.4, -0.2) is 23.8 Å². The molecule has 0 saturated carbocycles. The number of carbonyl (C=O) groups excluding carboxylic acids is 2. The van der Waals surface area contributed by atoms with Crippen LogP contribution < -0.4 is 5.32 Å². The summed E-state index contributed by atoms with van der Waals surface area (Å²) in [6.45, 7) is 0.323. The van der Waals surface area contributed by atoms with Crippen molar-refractivity contribution in [1.82, 2.24) is 4.90 Å².